The van der Waals surface area contributed by atoms with Crippen molar-refractivity contribution in [3.8, 4) is 6.07 Å². The van der Waals surface area contributed by atoms with Gasteiger partial charge in [0.15, 0.2) is 0 Å². The number of benzene rings is 1. The molecule has 0 aliphatic carbocycles. The van der Waals surface area contributed by atoms with E-state index in [1.165, 1.54) is 0 Å². The number of carbonyl (C=O) groups is 1. The molecule has 0 fully saturated rings. The highest BCUT2D eigenvalue weighted by atomic mass is 16.5. The maximum atomic E-state index is 11.8. The number of nitrogens with zero attached hydrogens (tertiary/aromatic N) is 1. The third-order valence-corrected chi connectivity index (χ3v) is 2.76. The summed E-state index contributed by atoms with van der Waals surface area (Å²) in [7, 11) is 0. The lowest BCUT2D eigenvalue weighted by atomic mass is 9.95. The van der Waals surface area contributed by atoms with Crippen LogP contribution < -0.4 is 0 Å². The standard InChI is InChI=1S/C16H19NO2/c1-4-7-14(13-9-6-8-12(3)10-13)15(11-17)16(18)19-5-2/h6,8-10H,4-5,7H2,1-3H3/b15-14-. The summed E-state index contributed by atoms with van der Waals surface area (Å²) in [5, 5.41) is 9.24. The predicted octanol–water partition coefficient (Wildman–Crippen LogP) is 3.64. The van der Waals surface area contributed by atoms with Crippen molar-refractivity contribution in [2.75, 3.05) is 6.61 Å². The zero-order valence-corrected chi connectivity index (χ0v) is 11.7. The van der Waals surface area contributed by atoms with E-state index in [1.807, 2.05) is 44.2 Å². The van der Waals surface area contributed by atoms with Crippen LogP contribution >= 0.6 is 0 Å². The van der Waals surface area contributed by atoms with E-state index >= 15 is 0 Å². The van der Waals surface area contributed by atoms with Crippen LogP contribution in [0.1, 0.15) is 37.8 Å². The molecule has 1 rings (SSSR count). The molecule has 1 aromatic rings. The smallest absolute Gasteiger partial charge is 0.349 e. The number of rotatable bonds is 5. The molecule has 0 aliphatic heterocycles. The van der Waals surface area contributed by atoms with Gasteiger partial charge in [0.25, 0.3) is 0 Å². The minimum Gasteiger partial charge on any atom is -0.462 e. The van der Waals surface area contributed by atoms with Gasteiger partial charge in [-0.2, -0.15) is 5.26 Å². The predicted molar refractivity (Wildman–Crippen MR) is 75.3 cm³/mol. The van der Waals surface area contributed by atoms with Crippen LogP contribution in [0.4, 0.5) is 0 Å². The van der Waals surface area contributed by atoms with Crippen LogP contribution in [0, 0.1) is 18.3 Å². The lowest BCUT2D eigenvalue weighted by Crippen LogP contribution is -2.09. The summed E-state index contributed by atoms with van der Waals surface area (Å²) in [6.07, 6.45) is 1.55. The second kappa shape index (κ2) is 7.38. The Morgan fingerprint density at radius 3 is 2.63 bits per heavy atom. The van der Waals surface area contributed by atoms with Crippen LogP contribution in [0.5, 0.6) is 0 Å². The van der Waals surface area contributed by atoms with Gasteiger partial charge in [0.05, 0.1) is 6.61 Å². The van der Waals surface area contributed by atoms with Crippen LogP contribution in [0.3, 0.4) is 0 Å². The van der Waals surface area contributed by atoms with Gasteiger partial charge in [-0.05, 0) is 31.4 Å². The fraction of sp³-hybridized carbons (Fsp3) is 0.375. The molecular weight excluding hydrogens is 238 g/mol. The normalized spacial score (nSPS) is 11.5. The largest absolute Gasteiger partial charge is 0.462 e. The van der Waals surface area contributed by atoms with E-state index < -0.39 is 5.97 Å². The summed E-state index contributed by atoms with van der Waals surface area (Å²) in [4.78, 5) is 11.8. The topological polar surface area (TPSA) is 50.1 Å². The molecule has 0 amide bonds. The number of nitriles is 1. The second-order valence-corrected chi connectivity index (χ2v) is 4.31. The molecule has 3 nitrogen and oxygen atoms in total. The van der Waals surface area contributed by atoms with Gasteiger partial charge in [-0.1, -0.05) is 43.2 Å². The average molecular weight is 257 g/mol. The van der Waals surface area contributed by atoms with Crippen LogP contribution in [-0.2, 0) is 9.53 Å². The zero-order chi connectivity index (χ0) is 14.3. The molecule has 0 bridgehead atoms. The third-order valence-electron chi connectivity index (χ3n) is 2.76. The lowest BCUT2D eigenvalue weighted by molar-refractivity contribution is -0.137. The molecule has 0 saturated heterocycles. The average Bonchev–Trinajstić information content (AvgIpc) is 2.39. The van der Waals surface area contributed by atoms with Crippen LogP contribution in [0.2, 0.25) is 0 Å². The number of hydrogen-bond donors (Lipinski definition) is 0. The minimum atomic E-state index is -0.532. The summed E-state index contributed by atoms with van der Waals surface area (Å²) < 4.78 is 4.95. The number of aryl methyl sites for hydroxylation is 1. The van der Waals surface area contributed by atoms with E-state index in [2.05, 4.69) is 0 Å². The van der Waals surface area contributed by atoms with Crippen molar-refractivity contribution in [1.29, 1.82) is 5.26 Å². The minimum absolute atomic E-state index is 0.120. The Labute approximate surface area is 114 Å². The van der Waals surface area contributed by atoms with Crippen molar-refractivity contribution >= 4 is 11.5 Å². The second-order valence-electron chi connectivity index (χ2n) is 4.31. The van der Waals surface area contributed by atoms with Gasteiger partial charge in [0, 0.05) is 0 Å². The van der Waals surface area contributed by atoms with Gasteiger partial charge >= 0.3 is 5.97 Å². The fourth-order valence-corrected chi connectivity index (χ4v) is 1.94. The Morgan fingerprint density at radius 2 is 2.11 bits per heavy atom. The highest BCUT2D eigenvalue weighted by molar-refractivity contribution is 6.01. The van der Waals surface area contributed by atoms with Crippen molar-refractivity contribution in [2.24, 2.45) is 0 Å². The number of carbonyl (C=O) groups excluding carboxylic acids is 1. The fourth-order valence-electron chi connectivity index (χ4n) is 1.94. The van der Waals surface area contributed by atoms with Crippen LogP contribution in [0.15, 0.2) is 29.8 Å². The number of esters is 1. The van der Waals surface area contributed by atoms with Crippen molar-refractivity contribution in [3.05, 3.63) is 41.0 Å². The van der Waals surface area contributed by atoms with E-state index in [0.717, 1.165) is 23.1 Å². The molecule has 1 aromatic carbocycles. The first-order valence-corrected chi connectivity index (χ1v) is 6.51. The van der Waals surface area contributed by atoms with Gasteiger partial charge in [-0.3, -0.25) is 0 Å². The molecule has 0 aromatic heterocycles. The van der Waals surface area contributed by atoms with Gasteiger partial charge in [0.1, 0.15) is 11.6 Å². The quantitative estimate of drug-likeness (QED) is 0.459. The highest BCUT2D eigenvalue weighted by Crippen LogP contribution is 2.25. The van der Waals surface area contributed by atoms with Crippen LogP contribution in [0.25, 0.3) is 5.57 Å². The Hall–Kier alpha value is -2.08. The summed E-state index contributed by atoms with van der Waals surface area (Å²) >= 11 is 0. The Morgan fingerprint density at radius 1 is 1.37 bits per heavy atom. The summed E-state index contributed by atoms with van der Waals surface area (Å²) in [6, 6.07) is 9.83. The van der Waals surface area contributed by atoms with Crippen molar-refractivity contribution < 1.29 is 9.53 Å². The van der Waals surface area contributed by atoms with E-state index in [4.69, 9.17) is 4.74 Å². The first-order chi connectivity index (χ1) is 9.13. The number of allylic oxidation sites excluding steroid dienone is 1. The lowest BCUT2D eigenvalue weighted by Gasteiger charge is -2.10. The zero-order valence-electron chi connectivity index (χ0n) is 11.7. The van der Waals surface area contributed by atoms with Crippen molar-refractivity contribution in [2.45, 2.75) is 33.6 Å². The molecule has 100 valence electrons. The van der Waals surface area contributed by atoms with Gasteiger partial charge in [-0.15, -0.1) is 0 Å². The number of hydrogen-bond acceptors (Lipinski definition) is 3. The molecule has 3 heteroatoms. The van der Waals surface area contributed by atoms with Gasteiger partial charge in [-0.25, -0.2) is 4.79 Å². The molecule has 0 aliphatic rings. The Bertz CT molecular complexity index is 524. The molecule has 0 heterocycles. The van der Waals surface area contributed by atoms with Crippen molar-refractivity contribution in [1.82, 2.24) is 0 Å². The Balaban J connectivity index is 3.31. The third kappa shape index (κ3) is 3.96. The summed E-state index contributed by atoms with van der Waals surface area (Å²) in [5.41, 5.74) is 2.92. The summed E-state index contributed by atoms with van der Waals surface area (Å²) in [6.45, 7) is 6.02. The van der Waals surface area contributed by atoms with Crippen LogP contribution in [-0.4, -0.2) is 12.6 Å². The molecule has 19 heavy (non-hydrogen) atoms. The first-order valence-electron chi connectivity index (χ1n) is 6.51. The maximum absolute atomic E-state index is 11.8. The van der Waals surface area contributed by atoms with Crippen molar-refractivity contribution in [3.63, 3.8) is 0 Å². The molecule has 0 N–H and O–H groups in total. The maximum Gasteiger partial charge on any atom is 0.349 e. The first kappa shape index (κ1) is 15.0. The van der Waals surface area contributed by atoms with E-state index in [-0.39, 0.29) is 12.2 Å². The molecule has 0 spiro atoms. The Kier molecular flexibility index (Phi) is 5.81. The van der Waals surface area contributed by atoms with Gasteiger partial charge in [0.2, 0.25) is 0 Å². The number of ether oxygens (including phenoxy) is 1. The van der Waals surface area contributed by atoms with E-state index in [9.17, 15) is 10.1 Å². The molecular formula is C16H19NO2. The molecule has 0 atom stereocenters. The highest BCUT2D eigenvalue weighted by Gasteiger charge is 2.17. The molecule has 0 radical (unpaired) electrons. The van der Waals surface area contributed by atoms with E-state index in [1.54, 1.807) is 6.92 Å². The molecule has 0 unspecified atom stereocenters. The SMILES string of the molecule is CCC/C(=C(\C#N)C(=O)OCC)c1cccc(C)c1. The monoisotopic (exact) mass is 257 g/mol. The summed E-state index contributed by atoms with van der Waals surface area (Å²) in [5.74, 6) is -0.532. The van der Waals surface area contributed by atoms with Gasteiger partial charge < -0.3 is 4.74 Å². The van der Waals surface area contributed by atoms with E-state index in [0.29, 0.717) is 6.42 Å². The molecule has 0 saturated carbocycles.